The summed E-state index contributed by atoms with van der Waals surface area (Å²) >= 11 is 1.24. The topological polar surface area (TPSA) is 887 Å². The first kappa shape index (κ1) is 123. The monoisotopic (exact) mass is 2150 g/mol. The van der Waals surface area contributed by atoms with Gasteiger partial charge in [0.15, 0.2) is 0 Å². The molecule has 1 aromatic heterocycles. The van der Waals surface area contributed by atoms with Gasteiger partial charge in [-0.05, 0) is 98.8 Å². The number of para-hydroxylation sites is 1. The average Bonchev–Trinajstić information content (AvgIpc) is 1.69. The van der Waals surface area contributed by atoms with E-state index in [1.165, 1.54) is 55.6 Å². The number of phenolic OH excluding ortho intramolecular Hbond substituents is 1. The minimum atomic E-state index is -2.01. The molecular weight excluding hydrogens is 2030 g/mol. The number of aromatic nitrogens is 1. The van der Waals surface area contributed by atoms with E-state index in [0.29, 0.717) is 22.0 Å². The zero-order chi connectivity index (χ0) is 107. The van der Waals surface area contributed by atoms with Gasteiger partial charge in [-0.15, -0.1) is 0 Å². The van der Waals surface area contributed by atoms with E-state index in [1.807, 2.05) is 0 Å². The predicted molar refractivity (Wildman–Crippen MR) is 507 cm³/mol. The number of hydrogen-bond acceptors (Lipinski definition) is 33. The molecule has 0 spiro atoms. The number of hydrogen-bond donors (Lipinski definition) is 23. The summed E-state index contributed by atoms with van der Waals surface area (Å²) < 4.78 is 0. The van der Waals surface area contributed by atoms with Gasteiger partial charge >= 0.3 is 31.8 Å². The maximum absolute atomic E-state index is 14.7. The molecule has 145 heavy (non-hydrogen) atoms. The number of amides is 20. The van der Waals surface area contributed by atoms with Crippen LogP contribution in [-0.2, 0) is 134 Å². The average molecular weight is 2150 g/mol. The molecule has 0 aliphatic carbocycles. The standard InChI is InChI=1S/C89H127N25O29S.In/c1-48(79(133)109-63(39-50-12-14-52(115)15-13-50)80(134)98-43-72(122)101-64(40-51-42-97-54-11-7-6-10-53(51)54)88(142)107-61(28-37-144-2)87(141)110-65(41-74(124)125)89(143)108-62(78(96)132)38-49-8-4-3-5-9-49)99-81(135)56(17-23-67(91)117)102-83(137)58(19-25-69(93)119)104-85(139)60(21-27-71(95)121)106-86(140)59(20-26-70(94)120)105-84(138)57(18-24-68(92)118)103-82(136)55(16-22-66(90)116)100-73(123)44-111-29-31-112(45-75(126)127)33-35-114(47-77(130)131)36-34-113(32-30-111)46-76(128)129;/h3-15,42,48,55-65,97,115H,16-41,43-47H2,1-2H3,(H2,90,116)(H2,91,117)(H2,92,118)(H2,93,119)(H2,94,120)(H2,95,121)(H2,96,132)(H,98,134)(H,99,135)(H,100,123)(H,101,122)(H,102,137)(H,103,136)(H,104,139)(H,105,138)(H,106,140)(H,107,142)(H,108,143)(H,109,133)(H,110,141)(H,124,125)(H,126,127)(H,128,129)(H,130,131);/q;+3/p-3/t48-,55+,56+,57+,58+,59+,60+,61-,62-,63-,64-,65-;/m0./s1/i;1-4. The van der Waals surface area contributed by atoms with Gasteiger partial charge in [0.1, 0.15) is 78.3 Å². The Labute approximate surface area is 853 Å². The summed E-state index contributed by atoms with van der Waals surface area (Å²) in [4.78, 5) is 329. The second-order valence-corrected chi connectivity index (χ2v) is 34.9. The Morgan fingerprint density at radius 1 is 0.359 bits per heavy atom. The molecule has 2 heterocycles. The summed E-state index contributed by atoms with van der Waals surface area (Å²) in [5.74, 6) is -28.7. The molecule has 0 bridgehead atoms. The zero-order valence-corrected chi connectivity index (χ0v) is 83.8. The number of nitrogens with zero attached hydrogens (tertiary/aromatic N) is 4. The molecule has 0 saturated carbocycles. The minimum absolute atomic E-state index is 0. The third-order valence-electron chi connectivity index (χ3n) is 22.4. The Kier molecular flexibility index (Phi) is 53.6. The molecule has 3 aromatic carbocycles. The Hall–Kier alpha value is -14.7. The van der Waals surface area contributed by atoms with Crippen molar-refractivity contribution in [1.29, 1.82) is 0 Å². The number of aromatic amines is 1. The maximum atomic E-state index is 14.7. The fourth-order valence-electron chi connectivity index (χ4n) is 14.7. The summed E-state index contributed by atoms with van der Waals surface area (Å²) in [5, 5.41) is 86.8. The van der Waals surface area contributed by atoms with Gasteiger partial charge in [0, 0.05) is 147 Å². The van der Waals surface area contributed by atoms with Gasteiger partial charge in [-0.1, -0.05) is 60.7 Å². The van der Waals surface area contributed by atoms with Crippen LogP contribution < -0.4 is 125 Å². The van der Waals surface area contributed by atoms with Gasteiger partial charge in [-0.2, -0.15) is 11.8 Å². The van der Waals surface area contributed by atoms with Crippen LogP contribution in [0.5, 0.6) is 5.75 Å². The number of rotatable bonds is 63. The Morgan fingerprint density at radius 3 is 1.05 bits per heavy atom. The van der Waals surface area contributed by atoms with Gasteiger partial charge in [0.2, 0.25) is 118 Å². The summed E-state index contributed by atoms with van der Waals surface area (Å²) in [5.41, 5.74) is 40.4. The molecule has 54 nitrogen and oxygen atoms in total. The number of carbonyl (C=O) groups excluding carboxylic acids is 23. The normalized spacial score (nSPS) is 15.1. The number of aromatic hydroxyl groups is 1. The predicted octanol–water partition coefficient (Wildman–Crippen LogP) is -14.7. The van der Waals surface area contributed by atoms with Crippen LogP contribution in [0.15, 0.2) is 85.1 Å². The van der Waals surface area contributed by atoms with Crippen molar-refractivity contribution >= 4 is 191 Å². The van der Waals surface area contributed by atoms with Crippen LogP contribution in [0.1, 0.15) is 114 Å². The van der Waals surface area contributed by atoms with Gasteiger partial charge in [0.25, 0.3) is 0 Å². The molecule has 788 valence electrons. The first-order valence-corrected chi connectivity index (χ1v) is 46.9. The number of fused-ring (bicyclic) bond motifs is 1. The van der Waals surface area contributed by atoms with Crippen LogP contribution in [0.3, 0.4) is 0 Å². The van der Waals surface area contributed by atoms with Crippen molar-refractivity contribution in [1.82, 2.24) is 93.7 Å². The number of carboxylic acids is 4. The molecular formula is C89H124InN25O29S. The first-order valence-electron chi connectivity index (χ1n) is 45.5. The zero-order valence-electron chi connectivity index (χ0n) is 79.7. The quantitative estimate of drug-likeness (QED) is 0.0195. The SMILES string of the molecule is CSCC[C@H](NC(=O)[C@H](Cc1c[nH]c2ccccc12)NC(=O)CNC(=O)[C@H](Cc1ccc(O)cc1)NC(=O)[C@H](C)NC(=O)[C@@H](CCC(N)=O)NC(=O)[C@@H](CCC(N)=O)NC(=O)[C@@H](CCC(N)=O)NC(=O)[C@@H](CCC(N)=O)NC(=O)[C@@H](CCC(N)=O)NC(=O)[C@@H](CCC(N)=O)NC(=O)CN1CCN(CC(=O)[O-])CCN(CC(=O)[O-])CCN(CC(=O)[O-])CC1)C(=O)N[C@@H](CC(=O)O)C(=O)N[C@@H](Cc1ccccc1)C(N)=O.[111In+3]. The number of H-pyrrole nitrogens is 1. The van der Waals surface area contributed by atoms with Gasteiger partial charge < -0.3 is 154 Å². The molecule has 4 aromatic rings. The van der Waals surface area contributed by atoms with Crippen molar-refractivity contribution in [2.45, 2.75) is 189 Å². The van der Waals surface area contributed by atoms with E-state index in [4.69, 9.17) is 40.1 Å². The number of aliphatic carboxylic acids is 4. The van der Waals surface area contributed by atoms with Crippen LogP contribution in [0.25, 0.3) is 10.9 Å². The third-order valence-corrected chi connectivity index (χ3v) is 23.0. The number of benzene rings is 3. The summed E-state index contributed by atoms with van der Waals surface area (Å²) in [7, 11) is 0. The van der Waals surface area contributed by atoms with Crippen LogP contribution in [0, 0.1) is 0 Å². The largest absolute Gasteiger partial charge is 3.00 e. The number of primary amides is 7. The minimum Gasteiger partial charge on any atom is -0.549 e. The Balaban J connectivity index is 0.0000438. The van der Waals surface area contributed by atoms with Crippen molar-refractivity contribution in [3.63, 3.8) is 0 Å². The number of carbonyl (C=O) groups is 24. The van der Waals surface area contributed by atoms with Crippen LogP contribution >= 0.6 is 11.8 Å². The van der Waals surface area contributed by atoms with Crippen LogP contribution in [0.2, 0.25) is 0 Å². The first-order chi connectivity index (χ1) is 68.0. The summed E-state index contributed by atoms with van der Waals surface area (Å²) in [6, 6.07) is -0.877. The number of thioether (sulfide) groups is 1. The van der Waals surface area contributed by atoms with E-state index in [9.17, 15) is 141 Å². The Bertz CT molecular complexity index is 5190. The molecule has 5 rings (SSSR count). The molecule has 20 amide bonds. The second kappa shape index (κ2) is 63.4. The van der Waals surface area contributed by atoms with Crippen LogP contribution in [0.4, 0.5) is 0 Å². The summed E-state index contributed by atoms with van der Waals surface area (Å²) in [6.45, 7) is -3.00. The van der Waals surface area contributed by atoms with E-state index in [0.717, 1.165) is 6.92 Å². The molecule has 12 atom stereocenters. The number of phenols is 1. The number of nitrogens with one attached hydrogen (secondary N) is 14. The van der Waals surface area contributed by atoms with E-state index < -0.39 is 337 Å². The molecule has 30 N–H and O–H groups in total. The van der Waals surface area contributed by atoms with E-state index in [-0.39, 0.29) is 115 Å². The molecule has 1 aliphatic heterocycles. The van der Waals surface area contributed by atoms with Crippen molar-refractivity contribution < 1.29 is 141 Å². The van der Waals surface area contributed by atoms with Crippen molar-refractivity contribution in [3.8, 4) is 5.75 Å². The van der Waals surface area contributed by atoms with Crippen molar-refractivity contribution in [2.24, 2.45) is 40.1 Å². The molecule has 1 fully saturated rings. The van der Waals surface area contributed by atoms with Gasteiger partial charge in [-0.3, -0.25) is 120 Å². The van der Waals surface area contributed by atoms with Crippen LogP contribution in [-0.4, -0.2) is 372 Å². The number of carboxylic acid groups (broad SMARTS) is 4. The van der Waals surface area contributed by atoms with Crippen molar-refractivity contribution in [2.75, 3.05) is 97.1 Å². The smallest absolute Gasteiger partial charge is 0.549 e. The molecule has 1 aliphatic rings. The number of nitrogens with two attached hydrogens (primary N) is 7. The Morgan fingerprint density at radius 2 is 0.669 bits per heavy atom. The van der Waals surface area contributed by atoms with Gasteiger partial charge in [0.05, 0.1) is 37.4 Å². The van der Waals surface area contributed by atoms with Gasteiger partial charge in [-0.25, -0.2) is 0 Å². The molecule has 56 heteroatoms. The van der Waals surface area contributed by atoms with E-state index >= 15 is 0 Å². The van der Waals surface area contributed by atoms with E-state index in [1.54, 1.807) is 67.0 Å². The molecule has 0 unspecified atom stereocenters. The maximum Gasteiger partial charge on any atom is 3.00 e. The third kappa shape index (κ3) is 47.4. The van der Waals surface area contributed by atoms with E-state index in [2.05, 4.69) is 74.1 Å². The fourth-order valence-corrected chi connectivity index (χ4v) is 15.2. The molecule has 0 radical (unpaired) electrons. The fraction of sp³-hybridized carbons (Fsp3) is 0.506. The second-order valence-electron chi connectivity index (χ2n) is 33.9. The van der Waals surface area contributed by atoms with Crippen molar-refractivity contribution in [3.05, 3.63) is 102 Å². The molecule has 1 saturated heterocycles. The summed E-state index contributed by atoms with van der Waals surface area (Å²) in [6.07, 6.45) is -6.94.